The molecule has 2 N–H and O–H groups in total. The van der Waals surface area contributed by atoms with E-state index in [4.69, 9.17) is 15.2 Å². The van der Waals surface area contributed by atoms with Crippen LogP contribution in [0.1, 0.15) is 22.7 Å². The van der Waals surface area contributed by atoms with Crippen molar-refractivity contribution in [3.63, 3.8) is 0 Å². The van der Waals surface area contributed by atoms with Crippen molar-refractivity contribution in [2.24, 2.45) is 5.73 Å². The van der Waals surface area contributed by atoms with Crippen LogP contribution >= 0.6 is 15.9 Å². The van der Waals surface area contributed by atoms with Gasteiger partial charge in [0, 0.05) is 4.47 Å². The van der Waals surface area contributed by atoms with Gasteiger partial charge in [0.2, 0.25) is 0 Å². The number of nitrogens with two attached hydrogens (primary N) is 1. The van der Waals surface area contributed by atoms with E-state index in [9.17, 15) is 0 Å². The van der Waals surface area contributed by atoms with E-state index in [-0.39, 0.29) is 6.04 Å². The highest BCUT2D eigenvalue weighted by atomic mass is 79.9. The molecule has 0 saturated carbocycles. The standard InChI is InChI=1S/C16H18BrNO2/c1-10-7-11(9-12(17)8-10)16(18)15-13(19-2)5-4-6-14(15)20-3/h4-9,16H,18H2,1-3H3. The molecule has 0 aliphatic heterocycles. The minimum Gasteiger partial charge on any atom is -0.496 e. The van der Waals surface area contributed by atoms with Crippen LogP contribution in [0, 0.1) is 6.92 Å². The number of hydrogen-bond acceptors (Lipinski definition) is 3. The van der Waals surface area contributed by atoms with Gasteiger partial charge < -0.3 is 15.2 Å². The first-order chi connectivity index (χ1) is 9.56. The molecule has 1 unspecified atom stereocenters. The number of ether oxygens (including phenoxy) is 2. The molecule has 20 heavy (non-hydrogen) atoms. The molecule has 3 nitrogen and oxygen atoms in total. The molecule has 106 valence electrons. The van der Waals surface area contributed by atoms with Crippen molar-refractivity contribution < 1.29 is 9.47 Å². The fourth-order valence-electron chi connectivity index (χ4n) is 2.30. The molecular weight excluding hydrogens is 318 g/mol. The Morgan fingerprint density at radius 2 is 1.65 bits per heavy atom. The van der Waals surface area contributed by atoms with E-state index in [1.165, 1.54) is 0 Å². The Morgan fingerprint density at radius 3 is 2.15 bits per heavy atom. The zero-order chi connectivity index (χ0) is 14.7. The number of rotatable bonds is 4. The fourth-order valence-corrected chi connectivity index (χ4v) is 2.92. The predicted molar refractivity (Wildman–Crippen MR) is 84.5 cm³/mol. The maximum absolute atomic E-state index is 6.43. The molecule has 0 radical (unpaired) electrons. The molecule has 0 heterocycles. The van der Waals surface area contributed by atoms with Gasteiger partial charge in [0.05, 0.1) is 25.8 Å². The van der Waals surface area contributed by atoms with Crippen LogP contribution in [0.5, 0.6) is 11.5 Å². The zero-order valence-electron chi connectivity index (χ0n) is 11.8. The van der Waals surface area contributed by atoms with Gasteiger partial charge in [0.25, 0.3) is 0 Å². The third kappa shape index (κ3) is 2.97. The lowest BCUT2D eigenvalue weighted by Gasteiger charge is -2.19. The summed E-state index contributed by atoms with van der Waals surface area (Å²) in [6.45, 7) is 2.04. The smallest absolute Gasteiger partial charge is 0.127 e. The van der Waals surface area contributed by atoms with Crippen LogP contribution in [0.25, 0.3) is 0 Å². The number of hydrogen-bond donors (Lipinski definition) is 1. The first-order valence-corrected chi connectivity index (χ1v) is 7.09. The van der Waals surface area contributed by atoms with E-state index in [2.05, 4.69) is 28.1 Å². The van der Waals surface area contributed by atoms with Crippen molar-refractivity contribution in [2.45, 2.75) is 13.0 Å². The summed E-state index contributed by atoms with van der Waals surface area (Å²) in [5, 5.41) is 0. The Hall–Kier alpha value is -1.52. The van der Waals surface area contributed by atoms with E-state index in [1.807, 2.05) is 31.2 Å². The highest BCUT2D eigenvalue weighted by Crippen LogP contribution is 2.36. The Labute approximate surface area is 127 Å². The summed E-state index contributed by atoms with van der Waals surface area (Å²) in [5.74, 6) is 1.46. The normalized spacial score (nSPS) is 12.1. The van der Waals surface area contributed by atoms with Crippen LogP contribution in [-0.2, 0) is 0 Å². The molecule has 2 rings (SSSR count). The zero-order valence-corrected chi connectivity index (χ0v) is 13.4. The minimum absolute atomic E-state index is 0.308. The lowest BCUT2D eigenvalue weighted by atomic mass is 9.96. The molecule has 4 heteroatoms. The molecular formula is C16H18BrNO2. The first kappa shape index (κ1) is 14.9. The van der Waals surface area contributed by atoms with Gasteiger partial charge in [0.1, 0.15) is 11.5 Å². The molecule has 2 aromatic rings. The van der Waals surface area contributed by atoms with Gasteiger partial charge in [-0.05, 0) is 42.3 Å². The summed E-state index contributed by atoms with van der Waals surface area (Å²) in [6.07, 6.45) is 0. The molecule has 0 aliphatic rings. The predicted octanol–water partition coefficient (Wildman–Crippen LogP) is 3.82. The van der Waals surface area contributed by atoms with Crippen LogP contribution in [0.4, 0.5) is 0 Å². The highest BCUT2D eigenvalue weighted by Gasteiger charge is 2.19. The van der Waals surface area contributed by atoms with E-state index < -0.39 is 0 Å². The van der Waals surface area contributed by atoms with Gasteiger partial charge >= 0.3 is 0 Å². The Kier molecular flexibility index (Phi) is 4.68. The minimum atomic E-state index is -0.308. The summed E-state index contributed by atoms with van der Waals surface area (Å²) in [4.78, 5) is 0. The molecule has 0 spiro atoms. The van der Waals surface area contributed by atoms with E-state index in [1.54, 1.807) is 14.2 Å². The van der Waals surface area contributed by atoms with Crippen molar-refractivity contribution in [2.75, 3.05) is 14.2 Å². The van der Waals surface area contributed by atoms with E-state index in [0.717, 1.165) is 32.7 Å². The lowest BCUT2D eigenvalue weighted by Crippen LogP contribution is -2.14. The second-order valence-electron chi connectivity index (χ2n) is 4.62. The number of methoxy groups -OCH3 is 2. The van der Waals surface area contributed by atoms with Gasteiger partial charge in [-0.2, -0.15) is 0 Å². The monoisotopic (exact) mass is 335 g/mol. The SMILES string of the molecule is COc1cccc(OC)c1C(N)c1cc(C)cc(Br)c1. The van der Waals surface area contributed by atoms with Crippen molar-refractivity contribution in [1.82, 2.24) is 0 Å². The van der Waals surface area contributed by atoms with Crippen molar-refractivity contribution in [1.29, 1.82) is 0 Å². The Balaban J connectivity index is 2.54. The summed E-state index contributed by atoms with van der Waals surface area (Å²) in [5.41, 5.74) is 9.45. The van der Waals surface area contributed by atoms with Gasteiger partial charge in [-0.3, -0.25) is 0 Å². The van der Waals surface area contributed by atoms with E-state index in [0.29, 0.717) is 0 Å². The second-order valence-corrected chi connectivity index (χ2v) is 5.53. The molecule has 0 bridgehead atoms. The molecule has 0 aliphatic carbocycles. The Morgan fingerprint density at radius 1 is 1.05 bits per heavy atom. The van der Waals surface area contributed by atoms with Crippen LogP contribution in [0.2, 0.25) is 0 Å². The molecule has 2 aromatic carbocycles. The summed E-state index contributed by atoms with van der Waals surface area (Å²) < 4.78 is 11.8. The summed E-state index contributed by atoms with van der Waals surface area (Å²) in [6, 6.07) is 11.5. The fraction of sp³-hybridized carbons (Fsp3) is 0.250. The maximum Gasteiger partial charge on any atom is 0.127 e. The lowest BCUT2D eigenvalue weighted by molar-refractivity contribution is 0.382. The highest BCUT2D eigenvalue weighted by molar-refractivity contribution is 9.10. The van der Waals surface area contributed by atoms with Crippen LogP contribution in [-0.4, -0.2) is 14.2 Å². The number of aryl methyl sites for hydroxylation is 1. The third-order valence-corrected chi connectivity index (χ3v) is 3.66. The Bertz CT molecular complexity index is 571. The van der Waals surface area contributed by atoms with Crippen molar-refractivity contribution in [3.05, 3.63) is 57.6 Å². The van der Waals surface area contributed by atoms with Crippen LogP contribution in [0.3, 0.4) is 0 Å². The summed E-state index contributed by atoms with van der Waals surface area (Å²) >= 11 is 3.51. The quantitative estimate of drug-likeness (QED) is 0.923. The molecule has 0 amide bonds. The van der Waals surface area contributed by atoms with Gasteiger partial charge in [-0.25, -0.2) is 0 Å². The van der Waals surface area contributed by atoms with Crippen molar-refractivity contribution >= 4 is 15.9 Å². The van der Waals surface area contributed by atoms with Crippen LogP contribution in [0.15, 0.2) is 40.9 Å². The average Bonchev–Trinajstić information content (AvgIpc) is 2.44. The molecule has 0 saturated heterocycles. The second kappa shape index (κ2) is 6.29. The van der Waals surface area contributed by atoms with Gasteiger partial charge in [-0.1, -0.05) is 28.1 Å². The summed E-state index contributed by atoms with van der Waals surface area (Å²) in [7, 11) is 3.27. The number of benzene rings is 2. The molecule has 1 atom stereocenters. The van der Waals surface area contributed by atoms with Crippen LogP contribution < -0.4 is 15.2 Å². The third-order valence-electron chi connectivity index (χ3n) is 3.20. The van der Waals surface area contributed by atoms with Gasteiger partial charge in [-0.15, -0.1) is 0 Å². The largest absolute Gasteiger partial charge is 0.496 e. The topological polar surface area (TPSA) is 44.5 Å². The first-order valence-electron chi connectivity index (χ1n) is 6.30. The maximum atomic E-state index is 6.43. The average molecular weight is 336 g/mol. The molecule has 0 fully saturated rings. The molecule has 0 aromatic heterocycles. The van der Waals surface area contributed by atoms with Gasteiger partial charge in [0.15, 0.2) is 0 Å². The van der Waals surface area contributed by atoms with Crippen molar-refractivity contribution in [3.8, 4) is 11.5 Å². The number of halogens is 1. The van der Waals surface area contributed by atoms with E-state index >= 15 is 0 Å².